The first-order valence-corrected chi connectivity index (χ1v) is 7.20. The van der Waals surface area contributed by atoms with Crippen molar-refractivity contribution < 1.29 is 51.0 Å². The first-order chi connectivity index (χ1) is 8.16. The zero-order valence-electron chi connectivity index (χ0n) is 16.2. The molecule has 1 rings (SSSR count). The van der Waals surface area contributed by atoms with Gasteiger partial charge in [-0.2, -0.15) is 11.1 Å². The Morgan fingerprint density at radius 1 is 0.818 bits per heavy atom. The topological polar surface area (TPSA) is 14.1 Å². The molecule has 0 aromatic heterocycles. The van der Waals surface area contributed by atoms with Crippen LogP contribution in [0.1, 0.15) is 76.2 Å². The normalized spacial score (nSPS) is 16.4. The Hall–Kier alpha value is 0.903. The second-order valence-electron chi connectivity index (χ2n) is 8.08. The van der Waals surface area contributed by atoms with E-state index < -0.39 is 0 Å². The Balaban J connectivity index is -0.000000130. The van der Waals surface area contributed by atoms with E-state index in [4.69, 9.17) is 0 Å². The van der Waals surface area contributed by atoms with Gasteiger partial charge in [0.2, 0.25) is 0 Å². The Kier molecular flexibility index (Phi) is 15.0. The average Bonchev–Trinajstić information content (AvgIpc) is 2.24. The molecule has 22 heavy (non-hydrogen) atoms. The van der Waals surface area contributed by atoms with E-state index in [1.807, 2.05) is 0 Å². The fourth-order valence-corrected chi connectivity index (χ4v) is 2.41. The van der Waals surface area contributed by atoms with Gasteiger partial charge in [0, 0.05) is 0 Å². The van der Waals surface area contributed by atoms with E-state index in [0.717, 1.165) is 0 Å². The van der Waals surface area contributed by atoms with E-state index in [2.05, 4.69) is 87.6 Å². The second-order valence-corrected chi connectivity index (χ2v) is 8.08. The molecule has 4 heteroatoms. The summed E-state index contributed by atoms with van der Waals surface area (Å²) in [6, 6.07) is 0. The molecule has 0 amide bonds. The molecular weight excluding hydrogens is 392 g/mol. The van der Waals surface area contributed by atoms with E-state index in [1.165, 1.54) is 16.7 Å². The fourth-order valence-electron chi connectivity index (χ4n) is 2.41. The molecule has 1 aliphatic carbocycles. The Morgan fingerprint density at radius 3 is 1.18 bits per heavy atom. The van der Waals surface area contributed by atoms with E-state index in [0.29, 0.717) is 0 Å². The van der Waals surface area contributed by atoms with Crippen molar-refractivity contribution in [2.24, 2.45) is 5.41 Å². The van der Waals surface area contributed by atoms with E-state index in [-0.39, 0.29) is 67.5 Å². The molecule has 0 radical (unpaired) electrons. The molecule has 0 aromatic rings. The summed E-state index contributed by atoms with van der Waals surface area (Å²) in [7, 11) is 0. The van der Waals surface area contributed by atoms with Crippen LogP contribution >= 0.6 is 0 Å². The summed E-state index contributed by atoms with van der Waals surface area (Å²) in [6.45, 7) is 23.7. The van der Waals surface area contributed by atoms with E-state index in [1.54, 1.807) is 0 Å². The van der Waals surface area contributed by atoms with Crippen LogP contribution in [0.3, 0.4) is 0 Å². The van der Waals surface area contributed by atoms with Crippen LogP contribution in [0.2, 0.25) is 0 Å². The van der Waals surface area contributed by atoms with Gasteiger partial charge < -0.3 is 30.1 Å². The molecular formula is C18H33Cl2NZr. The van der Waals surface area contributed by atoms with E-state index >= 15 is 0 Å². The summed E-state index contributed by atoms with van der Waals surface area (Å²) in [6.07, 6.45) is 3.44. The zero-order valence-corrected chi connectivity index (χ0v) is 20.2. The smallest absolute Gasteiger partial charge is 1.00 e. The molecule has 128 valence electrons. The number of hydrogen-bond donors (Lipinski definition) is 0. The summed E-state index contributed by atoms with van der Waals surface area (Å²) < 4.78 is 0. The monoisotopic (exact) mass is 423 g/mol. The summed E-state index contributed by atoms with van der Waals surface area (Å²) in [5, 5.41) is 4.54. The SMILES string of the molecule is CC(C)(C)[N-]C(C)(C)C.CC1=[C-]C(C)(C)C(C)=C1C.[Cl-].[Cl-].[Zr+4]. The molecule has 1 nitrogen and oxygen atoms in total. The minimum absolute atomic E-state index is 0. The van der Waals surface area contributed by atoms with Crippen LogP contribution in [0.15, 0.2) is 16.7 Å². The molecule has 0 spiro atoms. The van der Waals surface area contributed by atoms with Crippen molar-refractivity contribution in [1.29, 1.82) is 0 Å². The van der Waals surface area contributed by atoms with Crippen molar-refractivity contribution >= 4 is 0 Å². The van der Waals surface area contributed by atoms with Crippen LogP contribution in [0.5, 0.6) is 0 Å². The van der Waals surface area contributed by atoms with Crippen LogP contribution in [0.4, 0.5) is 0 Å². The van der Waals surface area contributed by atoms with Crippen molar-refractivity contribution in [2.45, 2.75) is 87.2 Å². The maximum atomic E-state index is 4.54. The molecule has 0 aromatic carbocycles. The molecule has 0 saturated heterocycles. The summed E-state index contributed by atoms with van der Waals surface area (Å²) in [4.78, 5) is 0. The summed E-state index contributed by atoms with van der Waals surface area (Å²) in [5.41, 5.74) is 4.61. The van der Waals surface area contributed by atoms with Gasteiger partial charge in [-0.05, 0) is 0 Å². The van der Waals surface area contributed by atoms with Gasteiger partial charge in [0.25, 0.3) is 0 Å². The number of halogens is 2. The average molecular weight is 426 g/mol. The molecule has 0 unspecified atom stereocenters. The maximum absolute atomic E-state index is 4.54. The van der Waals surface area contributed by atoms with Crippen molar-refractivity contribution in [2.75, 3.05) is 0 Å². The molecule has 1 aliphatic rings. The minimum atomic E-state index is 0. The van der Waals surface area contributed by atoms with Gasteiger partial charge in [0.15, 0.2) is 0 Å². The third-order valence-electron chi connectivity index (χ3n) is 3.23. The third-order valence-corrected chi connectivity index (χ3v) is 3.23. The van der Waals surface area contributed by atoms with Gasteiger partial charge in [-0.25, -0.2) is 5.57 Å². The maximum Gasteiger partial charge on any atom is 4.00 e. The Labute approximate surface area is 171 Å². The molecule has 0 aliphatic heterocycles. The predicted octanol–water partition coefficient (Wildman–Crippen LogP) is 0.0747. The van der Waals surface area contributed by atoms with Crippen molar-refractivity contribution in [3.8, 4) is 0 Å². The zero-order chi connectivity index (χ0) is 15.6. The van der Waals surface area contributed by atoms with Gasteiger partial charge in [-0.3, -0.25) is 6.08 Å². The molecule has 0 N–H and O–H groups in total. The van der Waals surface area contributed by atoms with Crippen LogP contribution < -0.4 is 24.8 Å². The first-order valence-electron chi connectivity index (χ1n) is 7.20. The van der Waals surface area contributed by atoms with Crippen molar-refractivity contribution in [1.82, 2.24) is 0 Å². The summed E-state index contributed by atoms with van der Waals surface area (Å²) >= 11 is 0. The second kappa shape index (κ2) is 10.7. The van der Waals surface area contributed by atoms with Crippen LogP contribution in [0.25, 0.3) is 5.32 Å². The van der Waals surface area contributed by atoms with Gasteiger partial charge >= 0.3 is 26.2 Å². The van der Waals surface area contributed by atoms with E-state index in [9.17, 15) is 0 Å². The third kappa shape index (κ3) is 12.3. The molecule has 0 heterocycles. The van der Waals surface area contributed by atoms with Crippen LogP contribution in [-0.4, -0.2) is 11.1 Å². The van der Waals surface area contributed by atoms with Crippen molar-refractivity contribution in [3.05, 3.63) is 28.1 Å². The van der Waals surface area contributed by atoms with Gasteiger partial charge in [0.1, 0.15) is 0 Å². The number of rotatable bonds is 0. The van der Waals surface area contributed by atoms with Gasteiger partial charge in [0.05, 0.1) is 0 Å². The predicted molar refractivity (Wildman–Crippen MR) is 87.5 cm³/mol. The van der Waals surface area contributed by atoms with Crippen molar-refractivity contribution in [3.63, 3.8) is 0 Å². The Morgan fingerprint density at radius 2 is 1.14 bits per heavy atom. The van der Waals surface area contributed by atoms with Crippen LogP contribution in [-0.2, 0) is 26.2 Å². The Bertz CT molecular complexity index is 371. The number of nitrogens with zero attached hydrogens (tertiary/aromatic N) is 1. The molecule has 0 atom stereocenters. The fraction of sp³-hybridized carbons (Fsp3) is 0.778. The quantitative estimate of drug-likeness (QED) is 0.488. The van der Waals surface area contributed by atoms with Crippen LogP contribution in [0, 0.1) is 11.5 Å². The largest absolute Gasteiger partial charge is 4.00 e. The van der Waals surface area contributed by atoms with Gasteiger partial charge in [-0.1, -0.05) is 74.7 Å². The molecule has 0 fully saturated rings. The standard InChI is InChI=1S/C10H15.C8H18N.2ClH.Zr/c1-7-6-10(4,5)9(3)8(7)2;1-7(2,3)9-8(4,5)6;;;/h1-5H3;1-6H3;2*1H;/q2*-1;;;+4/p-2. The molecule has 0 saturated carbocycles. The molecule has 0 bridgehead atoms. The number of allylic oxidation sites excluding steroid dienone is 4. The van der Waals surface area contributed by atoms with Gasteiger partial charge in [-0.15, -0.1) is 18.0 Å². The number of hydrogen-bond acceptors (Lipinski definition) is 0. The minimum Gasteiger partial charge on any atom is -1.00 e. The summed E-state index contributed by atoms with van der Waals surface area (Å²) in [5.74, 6) is 0. The first kappa shape index (κ1) is 30.7.